The summed E-state index contributed by atoms with van der Waals surface area (Å²) in [5.74, 6) is 0.474. The third-order valence-corrected chi connectivity index (χ3v) is 15.2. The van der Waals surface area contributed by atoms with Crippen molar-refractivity contribution in [3.05, 3.63) is 172 Å². The topological polar surface area (TPSA) is 93.2 Å². The third-order valence-electron chi connectivity index (χ3n) is 15.2. The van der Waals surface area contributed by atoms with E-state index < -0.39 is 11.8 Å². The molecule has 0 fully saturated rings. The number of unbranched alkanes of at least 4 members (excludes halogenated alkanes) is 1. The van der Waals surface area contributed by atoms with Crippen molar-refractivity contribution in [2.45, 2.75) is 98.8 Å². The van der Waals surface area contributed by atoms with Crippen LogP contribution in [0.15, 0.2) is 133 Å². The van der Waals surface area contributed by atoms with Crippen molar-refractivity contribution in [1.29, 1.82) is 0 Å². The van der Waals surface area contributed by atoms with Crippen LogP contribution in [-0.4, -0.2) is 35.1 Å². The zero-order chi connectivity index (χ0) is 51.2. The largest absolute Gasteiger partial charge is 0.457 e. The van der Waals surface area contributed by atoms with E-state index in [0.717, 1.165) is 53.5 Å². The van der Waals surface area contributed by atoms with Gasteiger partial charge in [-0.05, 0) is 124 Å². The van der Waals surface area contributed by atoms with Crippen LogP contribution in [0.1, 0.15) is 139 Å². The van der Waals surface area contributed by atoms with E-state index in [-0.39, 0.29) is 28.6 Å². The highest BCUT2D eigenvalue weighted by Gasteiger charge is 2.40. The fourth-order valence-electron chi connectivity index (χ4n) is 11.0. The quantitative estimate of drug-likeness (QED) is 0.0688. The highest BCUT2D eigenvalue weighted by Crippen LogP contribution is 2.53. The number of ether oxygens (including phenoxy) is 2. The molecule has 0 N–H and O–H groups in total. The summed E-state index contributed by atoms with van der Waals surface area (Å²) in [4.78, 5) is 62.9. The summed E-state index contributed by atoms with van der Waals surface area (Å²) in [5.41, 5.74) is 7.15. The molecule has 0 spiro atoms. The number of benzene rings is 9. The van der Waals surface area contributed by atoms with E-state index in [4.69, 9.17) is 9.47 Å². The standard InChI is InChI=1S/C65H60N2O6/c1-10-12-13-38(11-2)36-66-60(68)48-32-30-46-57-53(73-45-28-22-42(23-29-45)65(7,8)9)35-51-55-49(62(70)67(63(51)71)43-24-18-40(19-25-43)39-16-14-37(3)15-17-39)33-31-47(59(55)57)56-52(34-50(61(66)69)54(48)58(46)56)72-44-26-20-41(21-27-44)64(4,5)6/h14-35,38H,10-13,36H2,1-9H3. The van der Waals surface area contributed by atoms with Crippen LogP contribution in [0, 0.1) is 12.8 Å². The zero-order valence-corrected chi connectivity index (χ0v) is 43.2. The van der Waals surface area contributed by atoms with Crippen molar-refractivity contribution in [3.63, 3.8) is 0 Å². The minimum absolute atomic E-state index is 0.0949. The molecule has 8 heteroatoms. The second-order valence-electron chi connectivity index (χ2n) is 22.2. The number of nitrogens with zero attached hydrogens (tertiary/aromatic N) is 2. The smallest absolute Gasteiger partial charge is 0.266 e. The van der Waals surface area contributed by atoms with Gasteiger partial charge in [-0.3, -0.25) is 24.1 Å². The average molecular weight is 965 g/mol. The number of carbonyl (C=O) groups excluding carboxylic acids is 4. The molecule has 73 heavy (non-hydrogen) atoms. The van der Waals surface area contributed by atoms with Gasteiger partial charge in [-0.25, -0.2) is 4.90 Å². The number of carbonyl (C=O) groups is 4. The van der Waals surface area contributed by atoms with E-state index in [1.165, 1.54) is 9.80 Å². The van der Waals surface area contributed by atoms with Gasteiger partial charge >= 0.3 is 0 Å². The molecule has 0 aliphatic carbocycles. The number of amides is 4. The monoisotopic (exact) mass is 964 g/mol. The van der Waals surface area contributed by atoms with E-state index in [2.05, 4.69) is 91.8 Å². The Morgan fingerprint density at radius 1 is 0.479 bits per heavy atom. The Morgan fingerprint density at radius 3 is 1.38 bits per heavy atom. The highest BCUT2D eigenvalue weighted by atomic mass is 16.5. The third kappa shape index (κ3) is 7.99. The Morgan fingerprint density at radius 2 is 0.918 bits per heavy atom. The summed E-state index contributed by atoms with van der Waals surface area (Å²) in [6.45, 7) is 19.6. The van der Waals surface area contributed by atoms with Crippen LogP contribution in [0.4, 0.5) is 5.69 Å². The fourth-order valence-corrected chi connectivity index (χ4v) is 11.0. The Bertz CT molecular complexity index is 3710. The molecule has 0 aromatic heterocycles. The predicted molar refractivity (Wildman–Crippen MR) is 295 cm³/mol. The van der Waals surface area contributed by atoms with E-state index in [9.17, 15) is 4.79 Å². The second kappa shape index (κ2) is 17.7. The van der Waals surface area contributed by atoms with Gasteiger partial charge in [0.15, 0.2) is 0 Å². The number of fused-ring (bicyclic) bond motifs is 2. The summed E-state index contributed by atoms with van der Waals surface area (Å²) in [7, 11) is 0. The summed E-state index contributed by atoms with van der Waals surface area (Å²) in [6.07, 6.45) is 3.79. The van der Waals surface area contributed by atoms with Crippen LogP contribution in [-0.2, 0) is 10.8 Å². The van der Waals surface area contributed by atoms with E-state index in [0.29, 0.717) is 101 Å². The SMILES string of the molecule is CCCCC(CC)CN1C(=O)c2ccc3c4c(Oc5ccc(C(C)(C)C)cc5)cc5c6c(ccc(c7c(Oc8ccc(C(C)(C)C)cc8)cc(c2c37)C1=O)c64)C(=O)N(c1ccc(-c2ccc(C)cc2)cc1)C5=O. The van der Waals surface area contributed by atoms with Crippen LogP contribution in [0.2, 0.25) is 0 Å². The van der Waals surface area contributed by atoms with Crippen LogP contribution in [0.5, 0.6) is 23.0 Å². The Kier molecular flexibility index (Phi) is 11.5. The number of imide groups is 2. The van der Waals surface area contributed by atoms with Crippen LogP contribution in [0.3, 0.4) is 0 Å². The van der Waals surface area contributed by atoms with Crippen LogP contribution < -0.4 is 14.4 Å². The van der Waals surface area contributed by atoms with E-state index >= 15 is 14.4 Å². The number of hydrogen-bond acceptors (Lipinski definition) is 6. The molecule has 9 aromatic carbocycles. The maximum absolute atomic E-state index is 15.3. The summed E-state index contributed by atoms with van der Waals surface area (Å²) < 4.78 is 14.0. The predicted octanol–water partition coefficient (Wildman–Crippen LogP) is 16.5. The van der Waals surface area contributed by atoms with Gasteiger partial charge in [-0.1, -0.05) is 153 Å². The van der Waals surface area contributed by atoms with Gasteiger partial charge in [-0.2, -0.15) is 0 Å². The van der Waals surface area contributed by atoms with E-state index in [1.54, 1.807) is 18.2 Å². The lowest BCUT2D eigenvalue weighted by Crippen LogP contribution is -2.43. The fraction of sp³-hybridized carbons (Fsp3) is 0.262. The number of hydrogen-bond donors (Lipinski definition) is 0. The van der Waals surface area contributed by atoms with Gasteiger partial charge in [-0.15, -0.1) is 0 Å². The molecule has 4 amide bonds. The maximum Gasteiger partial charge on any atom is 0.266 e. The molecule has 1 unspecified atom stereocenters. The molecule has 8 nitrogen and oxygen atoms in total. The molecule has 0 bridgehead atoms. The van der Waals surface area contributed by atoms with Crippen molar-refractivity contribution in [3.8, 4) is 34.1 Å². The minimum atomic E-state index is -0.482. The molecule has 9 aromatic rings. The number of anilines is 1. The van der Waals surface area contributed by atoms with Crippen LogP contribution >= 0.6 is 0 Å². The molecular formula is C65H60N2O6. The minimum Gasteiger partial charge on any atom is -0.457 e. The number of rotatable bonds is 12. The van der Waals surface area contributed by atoms with Gasteiger partial charge in [0.25, 0.3) is 23.6 Å². The Hall–Kier alpha value is -7.84. The lowest BCUT2D eigenvalue weighted by molar-refractivity contribution is 0.0579. The van der Waals surface area contributed by atoms with Gasteiger partial charge in [0.1, 0.15) is 23.0 Å². The first kappa shape index (κ1) is 47.5. The first-order valence-electron chi connectivity index (χ1n) is 25.7. The van der Waals surface area contributed by atoms with Gasteiger partial charge < -0.3 is 9.47 Å². The summed E-state index contributed by atoms with van der Waals surface area (Å²) in [5, 5.41) is 5.05. The van der Waals surface area contributed by atoms with Gasteiger partial charge in [0, 0.05) is 50.0 Å². The van der Waals surface area contributed by atoms with Crippen molar-refractivity contribution >= 4 is 72.4 Å². The van der Waals surface area contributed by atoms with Crippen molar-refractivity contribution in [2.75, 3.05) is 11.4 Å². The maximum atomic E-state index is 15.3. The zero-order valence-electron chi connectivity index (χ0n) is 43.2. The molecule has 0 saturated carbocycles. The molecule has 366 valence electrons. The first-order valence-corrected chi connectivity index (χ1v) is 25.7. The Balaban J connectivity index is 1.17. The highest BCUT2D eigenvalue weighted by molar-refractivity contribution is 6.45. The van der Waals surface area contributed by atoms with Crippen LogP contribution in [0.25, 0.3) is 54.2 Å². The Labute approximate surface area is 426 Å². The molecule has 0 radical (unpaired) electrons. The molecule has 0 saturated heterocycles. The van der Waals surface area contributed by atoms with Crippen molar-refractivity contribution in [1.82, 2.24) is 4.90 Å². The van der Waals surface area contributed by atoms with Crippen molar-refractivity contribution in [2.24, 2.45) is 5.92 Å². The van der Waals surface area contributed by atoms with Gasteiger partial charge in [0.05, 0.1) is 16.8 Å². The molecule has 11 rings (SSSR count). The summed E-state index contributed by atoms with van der Waals surface area (Å²) in [6, 6.07) is 42.7. The van der Waals surface area contributed by atoms with Crippen molar-refractivity contribution < 1.29 is 28.7 Å². The second-order valence-corrected chi connectivity index (χ2v) is 22.2. The lowest BCUT2D eigenvalue weighted by atomic mass is 9.81. The molecule has 2 aliphatic rings. The first-order chi connectivity index (χ1) is 34.9. The molecule has 2 heterocycles. The molecule has 2 aliphatic heterocycles. The number of aryl methyl sites for hydroxylation is 1. The lowest BCUT2D eigenvalue weighted by Gasteiger charge is -2.32. The van der Waals surface area contributed by atoms with E-state index in [1.807, 2.05) is 85.8 Å². The molecular weight excluding hydrogens is 905 g/mol. The van der Waals surface area contributed by atoms with Gasteiger partial charge in [0.2, 0.25) is 0 Å². The summed E-state index contributed by atoms with van der Waals surface area (Å²) >= 11 is 0. The normalized spacial score (nSPS) is 14.4. The molecule has 1 atom stereocenters. The average Bonchev–Trinajstić information content (AvgIpc) is 3.37.